The van der Waals surface area contributed by atoms with Crippen LogP contribution in [0.3, 0.4) is 0 Å². The summed E-state index contributed by atoms with van der Waals surface area (Å²) in [6.07, 6.45) is 4.97. The molecule has 0 saturated heterocycles. The molecule has 3 rings (SSSR count). The zero-order chi connectivity index (χ0) is 21.7. The first-order valence-corrected chi connectivity index (χ1v) is 11.1. The van der Waals surface area contributed by atoms with Gasteiger partial charge in [0.05, 0.1) is 23.9 Å². The van der Waals surface area contributed by atoms with Crippen LogP contribution >= 0.6 is 0 Å². The van der Waals surface area contributed by atoms with Gasteiger partial charge < -0.3 is 25.4 Å². The minimum absolute atomic E-state index is 0.00000535. The molecule has 7 nitrogen and oxygen atoms in total. The molecule has 7 heteroatoms. The van der Waals surface area contributed by atoms with Gasteiger partial charge in [0.15, 0.2) is 5.75 Å². The molecule has 3 atom stereocenters. The van der Waals surface area contributed by atoms with Crippen LogP contribution < -0.4 is 15.4 Å². The van der Waals surface area contributed by atoms with Gasteiger partial charge in [-0.25, -0.2) is 0 Å². The number of hydrogen-bond donors (Lipinski definition) is 3. The Bertz CT molecular complexity index is 748. The van der Waals surface area contributed by atoms with E-state index in [9.17, 15) is 14.7 Å². The van der Waals surface area contributed by atoms with Gasteiger partial charge in [-0.1, -0.05) is 32.3 Å². The molecule has 30 heavy (non-hydrogen) atoms. The van der Waals surface area contributed by atoms with Gasteiger partial charge in [-0.05, 0) is 38.9 Å². The van der Waals surface area contributed by atoms with Crippen LogP contribution in [-0.2, 0) is 4.79 Å². The zero-order valence-electron chi connectivity index (χ0n) is 18.3. The van der Waals surface area contributed by atoms with Crippen LogP contribution in [-0.4, -0.2) is 60.7 Å². The Morgan fingerprint density at radius 2 is 2.03 bits per heavy atom. The fourth-order valence-corrected chi connectivity index (χ4v) is 4.39. The van der Waals surface area contributed by atoms with Crippen molar-refractivity contribution in [1.29, 1.82) is 0 Å². The zero-order valence-corrected chi connectivity index (χ0v) is 18.3. The van der Waals surface area contributed by atoms with Crippen molar-refractivity contribution >= 4 is 17.5 Å². The summed E-state index contributed by atoms with van der Waals surface area (Å²) in [6.45, 7) is 4.88. The molecule has 1 fully saturated rings. The highest BCUT2D eigenvalue weighted by molar-refractivity contribution is 6.02. The molecule has 3 N–H and O–H groups in total. The predicted octanol–water partition coefficient (Wildman–Crippen LogP) is 2.64. The first-order valence-electron chi connectivity index (χ1n) is 11.1. The van der Waals surface area contributed by atoms with Crippen LogP contribution in [0.2, 0.25) is 0 Å². The summed E-state index contributed by atoms with van der Waals surface area (Å²) in [5.41, 5.74) is 0.966. The van der Waals surface area contributed by atoms with Crippen molar-refractivity contribution in [3.05, 3.63) is 23.8 Å². The second-order valence-corrected chi connectivity index (χ2v) is 8.69. The molecule has 1 saturated carbocycles. The molecule has 0 spiro atoms. The normalized spacial score (nSPS) is 23.7. The van der Waals surface area contributed by atoms with Gasteiger partial charge in [-0.3, -0.25) is 9.59 Å². The number of benzene rings is 1. The number of ether oxygens (including phenoxy) is 1. The van der Waals surface area contributed by atoms with Crippen LogP contribution in [0.1, 0.15) is 56.3 Å². The summed E-state index contributed by atoms with van der Waals surface area (Å²) in [5.74, 6) is 0.297. The number of aliphatic hydroxyl groups is 1. The summed E-state index contributed by atoms with van der Waals surface area (Å²) in [4.78, 5) is 27.9. The van der Waals surface area contributed by atoms with Crippen molar-refractivity contribution in [2.75, 3.05) is 32.1 Å². The van der Waals surface area contributed by atoms with Crippen LogP contribution in [0.15, 0.2) is 18.2 Å². The third kappa shape index (κ3) is 4.95. The average molecular weight is 418 g/mol. The third-order valence-corrected chi connectivity index (χ3v) is 6.33. The van der Waals surface area contributed by atoms with Gasteiger partial charge >= 0.3 is 0 Å². The monoisotopic (exact) mass is 417 g/mol. The lowest BCUT2D eigenvalue weighted by Crippen LogP contribution is -2.49. The average Bonchev–Trinajstić information content (AvgIpc) is 2.76. The summed E-state index contributed by atoms with van der Waals surface area (Å²) in [6, 6.07) is 5.00. The maximum atomic E-state index is 13.3. The highest BCUT2D eigenvalue weighted by atomic mass is 16.5. The van der Waals surface area contributed by atoms with Crippen LogP contribution in [0, 0.1) is 11.8 Å². The Morgan fingerprint density at radius 3 is 2.70 bits per heavy atom. The SMILES string of the molecule is CNC[C@@H]1Oc2c(NC(=O)C3CCCCC3)cccc2C(=O)N([C@@H](C)CO)C[C@H]1C. The van der Waals surface area contributed by atoms with Gasteiger partial charge in [0.1, 0.15) is 6.10 Å². The van der Waals surface area contributed by atoms with Crippen LogP contribution in [0.5, 0.6) is 5.75 Å². The first kappa shape index (κ1) is 22.6. The van der Waals surface area contributed by atoms with E-state index in [1.807, 2.05) is 20.9 Å². The molecular formula is C23H35N3O4. The molecule has 1 aromatic rings. The van der Waals surface area contributed by atoms with Crippen LogP contribution in [0.4, 0.5) is 5.69 Å². The number of nitrogens with one attached hydrogen (secondary N) is 2. The highest BCUT2D eigenvalue weighted by Gasteiger charge is 2.34. The molecule has 1 heterocycles. The number of likely N-dealkylation sites (N-methyl/N-ethyl adjacent to an activating group) is 1. The van der Waals surface area contributed by atoms with Crippen molar-refractivity contribution in [1.82, 2.24) is 10.2 Å². The van der Waals surface area contributed by atoms with E-state index in [4.69, 9.17) is 4.74 Å². The maximum absolute atomic E-state index is 13.3. The number of amides is 2. The Morgan fingerprint density at radius 1 is 1.30 bits per heavy atom. The van der Waals surface area contributed by atoms with E-state index in [1.54, 1.807) is 23.1 Å². The lowest BCUT2D eigenvalue weighted by atomic mass is 9.88. The van der Waals surface area contributed by atoms with E-state index in [0.717, 1.165) is 25.7 Å². The van der Waals surface area contributed by atoms with Gasteiger partial charge in [0, 0.05) is 24.9 Å². The number of para-hydroxylation sites is 1. The van der Waals surface area contributed by atoms with Gasteiger partial charge in [0.2, 0.25) is 5.91 Å². The number of carbonyl (C=O) groups is 2. The second kappa shape index (κ2) is 10.3. The Kier molecular flexibility index (Phi) is 7.72. The molecule has 0 bridgehead atoms. The van der Waals surface area contributed by atoms with Crippen molar-refractivity contribution in [3.63, 3.8) is 0 Å². The first-order chi connectivity index (χ1) is 14.5. The number of rotatable bonds is 6. The summed E-state index contributed by atoms with van der Waals surface area (Å²) in [5, 5.41) is 15.9. The number of nitrogens with zero attached hydrogens (tertiary/aromatic N) is 1. The van der Waals surface area contributed by atoms with Crippen molar-refractivity contribution in [2.45, 2.75) is 58.1 Å². The van der Waals surface area contributed by atoms with Gasteiger partial charge in [-0.15, -0.1) is 0 Å². The molecular weight excluding hydrogens is 382 g/mol. The minimum Gasteiger partial charge on any atom is -0.486 e. The van der Waals surface area contributed by atoms with Crippen molar-refractivity contribution < 1.29 is 19.4 Å². The summed E-state index contributed by atoms with van der Waals surface area (Å²) in [7, 11) is 1.87. The lowest BCUT2D eigenvalue weighted by molar-refractivity contribution is -0.120. The lowest BCUT2D eigenvalue weighted by Gasteiger charge is -2.37. The number of fused-ring (bicyclic) bond motifs is 1. The van der Waals surface area contributed by atoms with Crippen molar-refractivity contribution in [3.8, 4) is 5.75 Å². The highest BCUT2D eigenvalue weighted by Crippen LogP contribution is 2.35. The Hall–Kier alpha value is -2.12. The van der Waals surface area contributed by atoms with Crippen molar-refractivity contribution in [2.24, 2.45) is 11.8 Å². The predicted molar refractivity (Wildman–Crippen MR) is 117 cm³/mol. The third-order valence-electron chi connectivity index (χ3n) is 6.33. The van der Waals surface area contributed by atoms with E-state index in [0.29, 0.717) is 30.1 Å². The molecule has 1 aliphatic heterocycles. The standard InChI is InChI=1S/C23H35N3O4/c1-15-13-26(16(2)14-27)23(29)18-10-7-11-19(21(18)30-20(15)12-24-3)25-22(28)17-8-5-4-6-9-17/h7,10-11,15-17,20,24,27H,4-6,8-9,12-14H2,1-3H3,(H,25,28)/t15-,16+,20+/m1/s1. The second-order valence-electron chi connectivity index (χ2n) is 8.69. The topological polar surface area (TPSA) is 90.9 Å². The number of carbonyl (C=O) groups excluding carboxylic acids is 2. The molecule has 166 valence electrons. The quantitative estimate of drug-likeness (QED) is 0.662. The molecule has 2 amide bonds. The summed E-state index contributed by atoms with van der Waals surface area (Å²) >= 11 is 0. The molecule has 1 aromatic carbocycles. The van der Waals surface area contributed by atoms with E-state index < -0.39 is 0 Å². The fourth-order valence-electron chi connectivity index (χ4n) is 4.39. The van der Waals surface area contributed by atoms with E-state index >= 15 is 0 Å². The molecule has 0 unspecified atom stereocenters. The molecule has 1 aliphatic carbocycles. The van der Waals surface area contributed by atoms with E-state index in [1.165, 1.54) is 6.42 Å². The van der Waals surface area contributed by atoms with E-state index in [2.05, 4.69) is 10.6 Å². The number of anilines is 1. The number of aliphatic hydroxyl groups excluding tert-OH is 1. The molecule has 0 radical (unpaired) electrons. The van der Waals surface area contributed by atoms with E-state index in [-0.39, 0.29) is 42.4 Å². The van der Waals surface area contributed by atoms with Crippen LogP contribution in [0.25, 0.3) is 0 Å². The summed E-state index contributed by atoms with van der Waals surface area (Å²) < 4.78 is 6.35. The maximum Gasteiger partial charge on any atom is 0.258 e. The molecule has 2 aliphatic rings. The Balaban J connectivity index is 1.96. The van der Waals surface area contributed by atoms with Gasteiger partial charge in [0.25, 0.3) is 5.91 Å². The largest absolute Gasteiger partial charge is 0.486 e. The van der Waals surface area contributed by atoms with Gasteiger partial charge in [-0.2, -0.15) is 0 Å². The molecule has 0 aromatic heterocycles. The minimum atomic E-state index is -0.304. The fraction of sp³-hybridized carbons (Fsp3) is 0.652. The smallest absolute Gasteiger partial charge is 0.258 e. The number of hydrogen-bond acceptors (Lipinski definition) is 5. The Labute approximate surface area is 179 Å².